The lowest BCUT2D eigenvalue weighted by atomic mass is 9.95. The highest BCUT2D eigenvalue weighted by molar-refractivity contribution is 5.96. The van der Waals surface area contributed by atoms with Crippen LogP contribution in [0.2, 0.25) is 0 Å². The van der Waals surface area contributed by atoms with E-state index in [2.05, 4.69) is 21.3 Å². The van der Waals surface area contributed by atoms with Crippen LogP contribution < -0.4 is 21.3 Å². The third kappa shape index (κ3) is 6.65. The lowest BCUT2D eigenvalue weighted by molar-refractivity contribution is -0.137. The van der Waals surface area contributed by atoms with Crippen molar-refractivity contribution in [2.45, 2.75) is 51.2 Å². The zero-order chi connectivity index (χ0) is 19.9. The van der Waals surface area contributed by atoms with Crippen molar-refractivity contribution in [1.82, 2.24) is 10.6 Å². The summed E-state index contributed by atoms with van der Waals surface area (Å²) in [6.45, 7) is 1.74. The third-order valence-electron chi connectivity index (χ3n) is 4.34. The van der Waals surface area contributed by atoms with E-state index in [0.717, 1.165) is 44.2 Å². The number of hydrogen-bond donors (Lipinski definition) is 4. The van der Waals surface area contributed by atoms with E-state index in [1.807, 2.05) is 0 Å². The topological polar surface area (TPSA) is 82.3 Å². The number of nitrogens with one attached hydrogen (secondary N) is 4. The van der Waals surface area contributed by atoms with Gasteiger partial charge in [-0.05, 0) is 38.0 Å². The number of halogens is 3. The van der Waals surface area contributed by atoms with Crippen molar-refractivity contribution < 1.29 is 22.8 Å². The van der Waals surface area contributed by atoms with Crippen molar-refractivity contribution in [3.05, 3.63) is 23.8 Å². The van der Waals surface area contributed by atoms with Crippen molar-refractivity contribution in [3.63, 3.8) is 0 Å². The van der Waals surface area contributed by atoms with E-state index in [1.165, 1.54) is 6.07 Å². The number of anilines is 2. The van der Waals surface area contributed by atoms with Crippen LogP contribution in [0.15, 0.2) is 18.2 Å². The number of urea groups is 1. The summed E-state index contributed by atoms with van der Waals surface area (Å²) in [5.74, 6) is -0.637. The van der Waals surface area contributed by atoms with E-state index in [0.29, 0.717) is 12.2 Å². The van der Waals surface area contributed by atoms with Gasteiger partial charge in [0.15, 0.2) is 0 Å². The third-order valence-corrected chi connectivity index (χ3v) is 4.34. The van der Waals surface area contributed by atoms with E-state index >= 15 is 0 Å². The summed E-state index contributed by atoms with van der Waals surface area (Å²) in [6.07, 6.45) is 0.752. The van der Waals surface area contributed by atoms with Crippen LogP contribution in [0.5, 0.6) is 0 Å². The molecule has 6 nitrogen and oxygen atoms in total. The van der Waals surface area contributed by atoms with Gasteiger partial charge in [-0.3, -0.25) is 10.1 Å². The monoisotopic (exact) mass is 386 g/mol. The quantitative estimate of drug-likeness (QED) is 0.601. The van der Waals surface area contributed by atoms with Crippen molar-refractivity contribution >= 4 is 23.3 Å². The van der Waals surface area contributed by atoms with Crippen LogP contribution in [0.1, 0.15) is 44.6 Å². The van der Waals surface area contributed by atoms with Crippen LogP contribution in [0, 0.1) is 0 Å². The Balaban J connectivity index is 2.09. The zero-order valence-electron chi connectivity index (χ0n) is 15.2. The molecule has 0 saturated heterocycles. The molecule has 0 unspecified atom stereocenters. The van der Waals surface area contributed by atoms with Gasteiger partial charge in [0.2, 0.25) is 5.91 Å². The fraction of sp³-hybridized carbons (Fsp3) is 0.556. The van der Waals surface area contributed by atoms with E-state index in [-0.39, 0.29) is 18.3 Å². The van der Waals surface area contributed by atoms with Gasteiger partial charge < -0.3 is 16.0 Å². The molecule has 0 spiro atoms. The van der Waals surface area contributed by atoms with Gasteiger partial charge >= 0.3 is 12.2 Å². The first kappa shape index (κ1) is 20.9. The number of hydrogen-bond acceptors (Lipinski definition) is 4. The lowest BCUT2D eigenvalue weighted by Crippen LogP contribution is -2.41. The van der Waals surface area contributed by atoms with Crippen molar-refractivity contribution in [3.8, 4) is 0 Å². The Labute approximate surface area is 156 Å². The molecule has 3 amide bonds. The minimum atomic E-state index is -4.48. The van der Waals surface area contributed by atoms with Crippen molar-refractivity contribution in [2.75, 3.05) is 23.7 Å². The van der Waals surface area contributed by atoms with Crippen LogP contribution in [-0.4, -0.2) is 31.1 Å². The number of imide groups is 1. The summed E-state index contributed by atoms with van der Waals surface area (Å²) in [7, 11) is 0. The number of amides is 3. The Morgan fingerprint density at radius 3 is 2.44 bits per heavy atom. The minimum Gasteiger partial charge on any atom is -0.381 e. The van der Waals surface area contributed by atoms with E-state index < -0.39 is 23.7 Å². The fourth-order valence-corrected chi connectivity index (χ4v) is 3.01. The summed E-state index contributed by atoms with van der Waals surface area (Å²) >= 11 is 0. The Bertz CT molecular complexity index is 658. The highest BCUT2D eigenvalue weighted by Gasteiger charge is 2.31. The molecule has 0 aliphatic heterocycles. The van der Waals surface area contributed by atoms with Gasteiger partial charge in [0.1, 0.15) is 0 Å². The number of carbonyl (C=O) groups is 2. The van der Waals surface area contributed by atoms with Gasteiger partial charge in [-0.1, -0.05) is 19.3 Å². The van der Waals surface area contributed by atoms with Crippen LogP contribution in [0.25, 0.3) is 0 Å². The molecule has 27 heavy (non-hydrogen) atoms. The molecule has 0 heterocycles. The van der Waals surface area contributed by atoms with E-state index in [4.69, 9.17) is 0 Å². The van der Waals surface area contributed by atoms with Gasteiger partial charge in [-0.15, -0.1) is 0 Å². The largest absolute Gasteiger partial charge is 0.416 e. The van der Waals surface area contributed by atoms with Crippen molar-refractivity contribution in [1.29, 1.82) is 0 Å². The zero-order valence-corrected chi connectivity index (χ0v) is 15.2. The second kappa shape index (κ2) is 9.48. The molecular formula is C18H25F3N4O2. The molecule has 1 aromatic carbocycles. The fourth-order valence-electron chi connectivity index (χ4n) is 3.01. The molecule has 0 radical (unpaired) electrons. The molecule has 9 heteroatoms. The Morgan fingerprint density at radius 1 is 1.11 bits per heavy atom. The number of carbonyl (C=O) groups excluding carboxylic acids is 2. The number of rotatable bonds is 6. The maximum atomic E-state index is 13.0. The molecule has 1 fully saturated rings. The standard InChI is InChI=1S/C18H25F3N4O2/c1-2-22-17(27)25-16(26)11-23-15-10-12(18(19,20)21)8-9-14(15)24-13-6-4-3-5-7-13/h8-10,13,23-24H,2-7,11H2,1H3,(H2,22,25,26,27). The van der Waals surface area contributed by atoms with Gasteiger partial charge in [0.05, 0.1) is 23.5 Å². The minimum absolute atomic E-state index is 0.182. The Morgan fingerprint density at radius 2 is 1.81 bits per heavy atom. The normalized spacial score (nSPS) is 15.1. The first-order valence-electron chi connectivity index (χ1n) is 9.09. The highest BCUT2D eigenvalue weighted by Crippen LogP contribution is 2.35. The molecule has 150 valence electrons. The summed E-state index contributed by atoms with van der Waals surface area (Å²) in [6, 6.07) is 2.92. The molecule has 1 aromatic rings. The maximum absolute atomic E-state index is 13.0. The van der Waals surface area contributed by atoms with Crippen LogP contribution in [0.3, 0.4) is 0 Å². The molecule has 1 aliphatic carbocycles. The van der Waals surface area contributed by atoms with Gasteiger partial charge in [-0.2, -0.15) is 13.2 Å². The first-order valence-corrected chi connectivity index (χ1v) is 9.09. The molecular weight excluding hydrogens is 361 g/mol. The average Bonchev–Trinajstić information content (AvgIpc) is 2.61. The van der Waals surface area contributed by atoms with Crippen LogP contribution in [-0.2, 0) is 11.0 Å². The summed E-state index contributed by atoms with van der Waals surface area (Å²) in [5, 5.41) is 10.5. The lowest BCUT2D eigenvalue weighted by Gasteiger charge is -2.26. The number of alkyl halides is 3. The maximum Gasteiger partial charge on any atom is 0.416 e. The van der Waals surface area contributed by atoms with Crippen LogP contribution >= 0.6 is 0 Å². The molecule has 4 N–H and O–H groups in total. The summed E-state index contributed by atoms with van der Waals surface area (Å²) in [5.41, 5.74) is -0.106. The predicted octanol–water partition coefficient (Wildman–Crippen LogP) is 3.71. The van der Waals surface area contributed by atoms with Crippen LogP contribution in [0.4, 0.5) is 29.3 Å². The molecule has 0 atom stereocenters. The van der Waals surface area contributed by atoms with E-state index in [1.54, 1.807) is 6.92 Å². The molecule has 1 saturated carbocycles. The second-order valence-electron chi connectivity index (χ2n) is 6.50. The second-order valence-corrected chi connectivity index (χ2v) is 6.50. The van der Waals surface area contributed by atoms with Gasteiger partial charge in [-0.25, -0.2) is 4.79 Å². The SMILES string of the molecule is CCNC(=O)NC(=O)CNc1cc(C(F)(F)F)ccc1NC1CCCCC1. The summed E-state index contributed by atoms with van der Waals surface area (Å²) in [4.78, 5) is 23.2. The highest BCUT2D eigenvalue weighted by atomic mass is 19.4. The molecule has 1 aliphatic rings. The smallest absolute Gasteiger partial charge is 0.381 e. The Hall–Kier alpha value is -2.45. The Kier molecular flexibility index (Phi) is 7.32. The van der Waals surface area contributed by atoms with Gasteiger partial charge in [0.25, 0.3) is 0 Å². The van der Waals surface area contributed by atoms with Gasteiger partial charge in [0, 0.05) is 12.6 Å². The molecule has 0 bridgehead atoms. The molecule has 0 aromatic heterocycles. The molecule has 2 rings (SSSR count). The first-order chi connectivity index (χ1) is 12.8. The summed E-state index contributed by atoms with van der Waals surface area (Å²) < 4.78 is 39.1. The van der Waals surface area contributed by atoms with Crippen molar-refractivity contribution in [2.24, 2.45) is 0 Å². The number of benzene rings is 1. The average molecular weight is 386 g/mol. The predicted molar refractivity (Wildman–Crippen MR) is 97.6 cm³/mol. The van der Waals surface area contributed by atoms with E-state index in [9.17, 15) is 22.8 Å².